The molecule has 0 atom stereocenters. The lowest BCUT2D eigenvalue weighted by atomic mass is 10.0. The third kappa shape index (κ3) is 3.34. The molecule has 1 amide bonds. The molecule has 0 radical (unpaired) electrons. The number of ether oxygens (including phenoxy) is 1. The molecule has 0 bridgehead atoms. The molecule has 2 aliphatic rings. The SMILES string of the molecule is O=C(CCN1CCOCC1)Nc1cccc2c1-c1[nH]c(=O)c3ccccc3c1C2. The van der Waals surface area contributed by atoms with E-state index in [2.05, 4.69) is 21.3 Å². The Morgan fingerprint density at radius 2 is 1.86 bits per heavy atom. The molecule has 5 rings (SSSR count). The van der Waals surface area contributed by atoms with Crippen molar-refractivity contribution in [3.63, 3.8) is 0 Å². The molecule has 0 saturated carbocycles. The molecule has 148 valence electrons. The van der Waals surface area contributed by atoms with Crippen molar-refractivity contribution < 1.29 is 9.53 Å². The summed E-state index contributed by atoms with van der Waals surface area (Å²) in [6.45, 7) is 3.92. The molecule has 2 heterocycles. The Morgan fingerprint density at radius 1 is 1.07 bits per heavy atom. The van der Waals surface area contributed by atoms with Crippen molar-refractivity contribution in [1.29, 1.82) is 0 Å². The molecule has 29 heavy (non-hydrogen) atoms. The van der Waals surface area contributed by atoms with Gasteiger partial charge in [0.15, 0.2) is 0 Å². The molecule has 6 nitrogen and oxygen atoms in total. The second-order valence-corrected chi connectivity index (χ2v) is 7.62. The molecule has 1 aliphatic carbocycles. The second-order valence-electron chi connectivity index (χ2n) is 7.62. The standard InChI is InChI=1S/C23H23N3O3/c27-20(8-9-26-10-12-29-13-11-26)24-19-7-3-4-15-14-18-16-5-1-2-6-17(16)23(28)25-22(18)21(15)19/h1-7H,8-14H2,(H,24,27)(H,25,28). The third-order valence-corrected chi connectivity index (χ3v) is 5.84. The number of H-pyrrole nitrogens is 1. The monoisotopic (exact) mass is 389 g/mol. The maximum absolute atomic E-state index is 12.6. The molecule has 1 aliphatic heterocycles. The maximum atomic E-state index is 12.6. The van der Waals surface area contributed by atoms with Crippen LogP contribution in [0.25, 0.3) is 22.0 Å². The number of aromatic amines is 1. The summed E-state index contributed by atoms with van der Waals surface area (Å²) in [7, 11) is 0. The van der Waals surface area contributed by atoms with Gasteiger partial charge < -0.3 is 15.0 Å². The normalized spacial score (nSPS) is 15.9. The van der Waals surface area contributed by atoms with Gasteiger partial charge in [0.25, 0.3) is 5.56 Å². The number of hydrogen-bond donors (Lipinski definition) is 2. The van der Waals surface area contributed by atoms with Crippen molar-refractivity contribution in [3.8, 4) is 11.3 Å². The van der Waals surface area contributed by atoms with Crippen LogP contribution in [0.5, 0.6) is 0 Å². The van der Waals surface area contributed by atoms with E-state index in [4.69, 9.17) is 4.74 Å². The van der Waals surface area contributed by atoms with Crippen LogP contribution in [0, 0.1) is 0 Å². The minimum absolute atomic E-state index is 0.0125. The molecule has 1 fully saturated rings. The highest BCUT2D eigenvalue weighted by atomic mass is 16.5. The lowest BCUT2D eigenvalue weighted by Crippen LogP contribution is -2.38. The van der Waals surface area contributed by atoms with Crippen LogP contribution in [0.15, 0.2) is 47.3 Å². The van der Waals surface area contributed by atoms with Gasteiger partial charge in [0.1, 0.15) is 0 Å². The average molecular weight is 389 g/mol. The number of fused-ring (bicyclic) bond motifs is 5. The van der Waals surface area contributed by atoms with E-state index in [0.29, 0.717) is 11.8 Å². The minimum Gasteiger partial charge on any atom is -0.379 e. The van der Waals surface area contributed by atoms with Crippen molar-refractivity contribution in [2.45, 2.75) is 12.8 Å². The number of benzene rings is 2. The zero-order valence-corrected chi connectivity index (χ0v) is 16.2. The smallest absolute Gasteiger partial charge is 0.256 e. The summed E-state index contributed by atoms with van der Waals surface area (Å²) in [5, 5.41) is 4.75. The highest BCUT2D eigenvalue weighted by molar-refractivity contribution is 6.00. The highest BCUT2D eigenvalue weighted by Gasteiger charge is 2.25. The van der Waals surface area contributed by atoms with Crippen molar-refractivity contribution in [3.05, 3.63) is 63.9 Å². The number of aromatic nitrogens is 1. The molecular formula is C23H23N3O3. The van der Waals surface area contributed by atoms with E-state index < -0.39 is 0 Å². The maximum Gasteiger partial charge on any atom is 0.256 e. The Labute approximate surface area is 168 Å². The Bertz CT molecular complexity index is 1150. The molecular weight excluding hydrogens is 366 g/mol. The summed E-state index contributed by atoms with van der Waals surface area (Å²) >= 11 is 0. The van der Waals surface area contributed by atoms with Gasteiger partial charge in [-0.2, -0.15) is 0 Å². The topological polar surface area (TPSA) is 74.4 Å². The molecule has 2 N–H and O–H groups in total. The van der Waals surface area contributed by atoms with Crippen LogP contribution in [0.3, 0.4) is 0 Å². The first-order chi connectivity index (χ1) is 14.2. The number of nitrogens with one attached hydrogen (secondary N) is 2. The van der Waals surface area contributed by atoms with E-state index in [1.807, 2.05) is 36.4 Å². The van der Waals surface area contributed by atoms with Crippen molar-refractivity contribution in [2.24, 2.45) is 0 Å². The summed E-state index contributed by atoms with van der Waals surface area (Å²) in [6, 6.07) is 13.6. The number of rotatable bonds is 4. The fourth-order valence-corrected chi connectivity index (χ4v) is 4.37. The van der Waals surface area contributed by atoms with E-state index in [9.17, 15) is 9.59 Å². The highest BCUT2D eigenvalue weighted by Crippen LogP contribution is 2.42. The summed E-state index contributed by atoms with van der Waals surface area (Å²) in [5.41, 5.74) is 4.67. The number of carbonyl (C=O) groups excluding carboxylic acids is 1. The Kier molecular flexibility index (Phi) is 4.66. The van der Waals surface area contributed by atoms with E-state index in [1.54, 1.807) is 0 Å². The minimum atomic E-state index is -0.0966. The molecule has 2 aromatic carbocycles. The third-order valence-electron chi connectivity index (χ3n) is 5.84. The van der Waals surface area contributed by atoms with Gasteiger partial charge >= 0.3 is 0 Å². The number of anilines is 1. The van der Waals surface area contributed by atoms with E-state index in [0.717, 1.165) is 72.7 Å². The number of amides is 1. The largest absolute Gasteiger partial charge is 0.379 e. The second kappa shape index (κ2) is 7.46. The fourth-order valence-electron chi connectivity index (χ4n) is 4.37. The van der Waals surface area contributed by atoms with Crippen LogP contribution >= 0.6 is 0 Å². The Balaban J connectivity index is 1.43. The number of carbonyl (C=O) groups is 1. The van der Waals surface area contributed by atoms with Gasteiger partial charge in [-0.3, -0.25) is 14.5 Å². The Morgan fingerprint density at radius 3 is 2.69 bits per heavy atom. The van der Waals surface area contributed by atoms with Crippen LogP contribution in [-0.2, 0) is 16.0 Å². The van der Waals surface area contributed by atoms with Gasteiger partial charge in [0, 0.05) is 43.4 Å². The van der Waals surface area contributed by atoms with Crippen molar-refractivity contribution in [2.75, 3.05) is 38.2 Å². The quantitative estimate of drug-likeness (QED) is 0.563. The van der Waals surface area contributed by atoms with Gasteiger partial charge in [-0.1, -0.05) is 30.3 Å². The fraction of sp³-hybridized carbons (Fsp3) is 0.304. The van der Waals surface area contributed by atoms with Crippen LogP contribution in [0.2, 0.25) is 0 Å². The van der Waals surface area contributed by atoms with E-state index in [1.165, 1.54) is 0 Å². The van der Waals surface area contributed by atoms with Gasteiger partial charge in [-0.25, -0.2) is 0 Å². The zero-order valence-electron chi connectivity index (χ0n) is 16.2. The molecule has 1 aromatic heterocycles. The predicted octanol–water partition coefficient (Wildman–Crippen LogP) is 2.76. The number of hydrogen-bond acceptors (Lipinski definition) is 4. The number of nitrogens with zero attached hydrogens (tertiary/aromatic N) is 1. The summed E-state index contributed by atoms with van der Waals surface area (Å²) in [6.07, 6.45) is 1.18. The van der Waals surface area contributed by atoms with Crippen LogP contribution < -0.4 is 10.9 Å². The van der Waals surface area contributed by atoms with Gasteiger partial charge in [0.2, 0.25) is 5.91 Å². The molecule has 1 saturated heterocycles. The lowest BCUT2D eigenvalue weighted by Gasteiger charge is -2.26. The van der Waals surface area contributed by atoms with Crippen molar-refractivity contribution in [1.82, 2.24) is 9.88 Å². The Hall–Kier alpha value is -2.96. The zero-order chi connectivity index (χ0) is 19.8. The first-order valence-corrected chi connectivity index (χ1v) is 10.1. The first kappa shape index (κ1) is 18.1. The van der Waals surface area contributed by atoms with Crippen molar-refractivity contribution >= 4 is 22.4 Å². The molecule has 0 unspecified atom stereocenters. The summed E-state index contributed by atoms with van der Waals surface area (Å²) in [5.74, 6) is -0.0125. The van der Waals surface area contributed by atoms with Gasteiger partial charge in [-0.05, 0) is 28.6 Å². The van der Waals surface area contributed by atoms with E-state index in [-0.39, 0.29) is 11.5 Å². The first-order valence-electron chi connectivity index (χ1n) is 10.1. The number of morpholine rings is 1. The van der Waals surface area contributed by atoms with Crippen LogP contribution in [0.4, 0.5) is 5.69 Å². The van der Waals surface area contributed by atoms with Crippen LogP contribution in [-0.4, -0.2) is 48.6 Å². The predicted molar refractivity (Wildman–Crippen MR) is 113 cm³/mol. The van der Waals surface area contributed by atoms with Gasteiger partial charge in [-0.15, -0.1) is 0 Å². The average Bonchev–Trinajstić information content (AvgIpc) is 3.13. The lowest BCUT2D eigenvalue weighted by molar-refractivity contribution is -0.116. The number of pyridine rings is 1. The molecule has 0 spiro atoms. The van der Waals surface area contributed by atoms with Crippen LogP contribution in [0.1, 0.15) is 17.5 Å². The molecule has 6 heteroatoms. The summed E-state index contributed by atoms with van der Waals surface area (Å²) in [4.78, 5) is 30.5. The van der Waals surface area contributed by atoms with Gasteiger partial charge in [0.05, 0.1) is 24.6 Å². The summed E-state index contributed by atoms with van der Waals surface area (Å²) < 4.78 is 5.35. The molecule has 3 aromatic rings. The van der Waals surface area contributed by atoms with E-state index >= 15 is 0 Å².